The van der Waals surface area contributed by atoms with Gasteiger partial charge in [0, 0.05) is 35.2 Å². The predicted molar refractivity (Wildman–Crippen MR) is 114 cm³/mol. The van der Waals surface area contributed by atoms with Gasteiger partial charge >= 0.3 is 0 Å². The lowest BCUT2D eigenvalue weighted by molar-refractivity contribution is -0.138. The van der Waals surface area contributed by atoms with Crippen LogP contribution in [-0.2, 0) is 19.2 Å². The zero-order valence-electron chi connectivity index (χ0n) is 18.0. The minimum absolute atomic E-state index is 0.0243. The number of hydrogen-bond donors (Lipinski definition) is 1. The van der Waals surface area contributed by atoms with E-state index < -0.39 is 23.7 Å². The van der Waals surface area contributed by atoms with E-state index >= 15 is 0 Å². The van der Waals surface area contributed by atoms with Gasteiger partial charge in [-0.25, -0.2) is 0 Å². The number of methoxy groups -OCH3 is 1. The Bertz CT molecular complexity index is 1200. The number of ether oxygens (including phenoxy) is 1. The lowest BCUT2D eigenvalue weighted by Crippen LogP contribution is -2.39. The molecule has 3 aliphatic carbocycles. The van der Waals surface area contributed by atoms with Gasteiger partial charge in [-0.2, -0.15) is 0 Å². The number of Topliss-reactive ketones (excluding diaryl/α,β-unsaturated/α-hetero) is 1. The van der Waals surface area contributed by atoms with Gasteiger partial charge in [0.25, 0.3) is 0 Å². The van der Waals surface area contributed by atoms with E-state index in [2.05, 4.69) is 0 Å². The molecule has 0 saturated carbocycles. The van der Waals surface area contributed by atoms with E-state index in [-0.39, 0.29) is 35.6 Å². The molecule has 1 aliphatic heterocycles. The van der Waals surface area contributed by atoms with Crippen LogP contribution in [0, 0.1) is 17.8 Å². The van der Waals surface area contributed by atoms with Gasteiger partial charge in [-0.15, -0.1) is 0 Å². The number of imide groups is 1. The molecule has 0 spiro atoms. The zero-order valence-corrected chi connectivity index (χ0v) is 18.0. The molecule has 4 aliphatic rings. The van der Waals surface area contributed by atoms with Crippen LogP contribution in [0.4, 0.5) is 0 Å². The molecule has 5 rings (SSSR count). The van der Waals surface area contributed by atoms with Crippen molar-refractivity contribution in [2.24, 2.45) is 17.8 Å². The molecular formula is C25H23NO6. The predicted octanol–water partition coefficient (Wildman–Crippen LogP) is 2.46. The Morgan fingerprint density at radius 3 is 2.56 bits per heavy atom. The molecule has 0 bridgehead atoms. The van der Waals surface area contributed by atoms with Crippen molar-refractivity contribution in [3.8, 4) is 11.5 Å². The molecule has 4 atom stereocenters. The fourth-order valence-electron chi connectivity index (χ4n) is 5.79. The first-order valence-electron chi connectivity index (χ1n) is 10.6. The first-order chi connectivity index (χ1) is 15.2. The van der Waals surface area contributed by atoms with Crippen molar-refractivity contribution in [2.45, 2.75) is 25.7 Å². The second kappa shape index (κ2) is 7.02. The highest BCUT2D eigenvalue weighted by Crippen LogP contribution is 2.56. The number of nitrogens with zero attached hydrogens (tertiary/aromatic N) is 1. The van der Waals surface area contributed by atoms with Gasteiger partial charge in [-0.05, 0) is 50.0 Å². The number of likely N-dealkylation sites (tertiary alicyclic amines) is 1. The molecule has 164 valence electrons. The van der Waals surface area contributed by atoms with E-state index in [0.717, 1.165) is 5.57 Å². The van der Waals surface area contributed by atoms with E-state index in [9.17, 15) is 24.3 Å². The van der Waals surface area contributed by atoms with Crippen molar-refractivity contribution >= 4 is 23.4 Å². The molecule has 1 heterocycles. The number of rotatable bonds is 2. The molecule has 0 aromatic heterocycles. The van der Waals surface area contributed by atoms with E-state index in [1.165, 1.54) is 31.2 Å². The summed E-state index contributed by atoms with van der Waals surface area (Å²) in [7, 11) is 3.00. The summed E-state index contributed by atoms with van der Waals surface area (Å²) < 4.78 is 5.34. The fourth-order valence-corrected chi connectivity index (χ4v) is 5.79. The molecule has 1 saturated heterocycles. The highest BCUT2D eigenvalue weighted by atomic mass is 16.5. The third-order valence-electron chi connectivity index (χ3n) is 7.33. The van der Waals surface area contributed by atoms with Gasteiger partial charge in [0.15, 0.2) is 11.6 Å². The number of carbonyl (C=O) groups excluding carboxylic acids is 4. The van der Waals surface area contributed by atoms with Gasteiger partial charge in [-0.3, -0.25) is 24.1 Å². The number of aromatic hydroxyl groups is 1. The minimum atomic E-state index is -0.686. The van der Waals surface area contributed by atoms with Crippen LogP contribution in [0.3, 0.4) is 0 Å². The van der Waals surface area contributed by atoms with Gasteiger partial charge in [0.2, 0.25) is 11.8 Å². The van der Waals surface area contributed by atoms with Crippen LogP contribution in [0.1, 0.15) is 31.2 Å². The van der Waals surface area contributed by atoms with Gasteiger partial charge in [-0.1, -0.05) is 11.6 Å². The maximum absolute atomic E-state index is 13.1. The average molecular weight is 433 g/mol. The SMILES string of the molecule is COc1ccc(O)c(C2C3=CCC4C(=O)N(C)C(=O)C4C3CC3=C2C(=O)C=C(C)C3=O)c1. The summed E-state index contributed by atoms with van der Waals surface area (Å²) in [5.41, 5.74) is 2.33. The quantitative estimate of drug-likeness (QED) is 0.437. The summed E-state index contributed by atoms with van der Waals surface area (Å²) in [4.78, 5) is 53.1. The second-order valence-corrected chi connectivity index (χ2v) is 8.89. The highest BCUT2D eigenvalue weighted by molar-refractivity contribution is 6.23. The maximum atomic E-state index is 13.1. The van der Waals surface area contributed by atoms with Crippen molar-refractivity contribution in [3.05, 3.63) is 58.2 Å². The summed E-state index contributed by atoms with van der Waals surface area (Å²) >= 11 is 0. The third kappa shape index (κ3) is 2.66. The summed E-state index contributed by atoms with van der Waals surface area (Å²) in [5.74, 6) is -2.60. The first-order valence-corrected chi connectivity index (χ1v) is 10.6. The van der Waals surface area contributed by atoms with Crippen LogP contribution in [0.25, 0.3) is 0 Å². The van der Waals surface area contributed by atoms with Gasteiger partial charge in [0.05, 0.1) is 18.9 Å². The minimum Gasteiger partial charge on any atom is -0.508 e. The third-order valence-corrected chi connectivity index (χ3v) is 7.33. The van der Waals surface area contributed by atoms with Crippen LogP contribution in [0.5, 0.6) is 11.5 Å². The summed E-state index contributed by atoms with van der Waals surface area (Å²) in [6, 6.07) is 4.78. The molecule has 1 N–H and O–H groups in total. The zero-order chi connectivity index (χ0) is 22.9. The van der Waals surface area contributed by atoms with Gasteiger partial charge < -0.3 is 9.84 Å². The normalized spacial score (nSPS) is 29.4. The van der Waals surface area contributed by atoms with Crippen LogP contribution in [-0.4, -0.2) is 47.5 Å². The molecule has 1 fully saturated rings. The monoisotopic (exact) mass is 433 g/mol. The summed E-state index contributed by atoms with van der Waals surface area (Å²) in [5, 5.41) is 10.7. The number of benzene rings is 1. The standard InChI is InChI=1S/C25H23NO6/c1-11-8-19(28)22-17(23(11)29)10-15-13(5-6-14-21(15)25(31)26(2)24(14)30)20(22)16-9-12(32-3)4-7-18(16)27/h4-5,7-9,14-15,20-21,27H,6,10H2,1-3H3. The molecule has 1 aromatic carbocycles. The first kappa shape index (κ1) is 20.4. The van der Waals surface area contributed by atoms with Crippen molar-refractivity contribution in [2.75, 3.05) is 14.2 Å². The molecule has 2 amide bonds. The van der Waals surface area contributed by atoms with E-state index in [1.807, 2.05) is 6.08 Å². The number of amides is 2. The number of fused-ring (bicyclic) bond motifs is 3. The largest absolute Gasteiger partial charge is 0.508 e. The molecule has 0 radical (unpaired) electrons. The maximum Gasteiger partial charge on any atom is 0.233 e. The number of phenolic OH excluding ortho intramolecular Hbond substituents is 1. The number of hydrogen-bond acceptors (Lipinski definition) is 6. The van der Waals surface area contributed by atoms with Crippen LogP contribution >= 0.6 is 0 Å². The lowest BCUT2D eigenvalue weighted by Gasteiger charge is -2.42. The summed E-state index contributed by atoms with van der Waals surface area (Å²) in [6.07, 6.45) is 3.88. The molecule has 7 nitrogen and oxygen atoms in total. The Morgan fingerprint density at radius 2 is 1.84 bits per heavy atom. The van der Waals surface area contributed by atoms with Crippen molar-refractivity contribution < 1.29 is 29.0 Å². The topological polar surface area (TPSA) is 101 Å². The average Bonchev–Trinajstić information content (AvgIpc) is 3.00. The highest BCUT2D eigenvalue weighted by Gasteiger charge is 2.55. The lowest BCUT2D eigenvalue weighted by atomic mass is 9.59. The second-order valence-electron chi connectivity index (χ2n) is 8.89. The Labute approximate surface area is 185 Å². The van der Waals surface area contributed by atoms with Gasteiger partial charge in [0.1, 0.15) is 11.5 Å². The Kier molecular flexibility index (Phi) is 4.48. The van der Waals surface area contributed by atoms with Crippen molar-refractivity contribution in [1.82, 2.24) is 4.90 Å². The molecule has 32 heavy (non-hydrogen) atoms. The molecule has 4 unspecified atom stereocenters. The van der Waals surface area contributed by atoms with E-state index in [4.69, 9.17) is 4.74 Å². The van der Waals surface area contributed by atoms with Crippen LogP contribution in [0.2, 0.25) is 0 Å². The number of phenols is 1. The number of carbonyl (C=O) groups is 4. The van der Waals surface area contributed by atoms with Crippen LogP contribution in [0.15, 0.2) is 52.6 Å². The Morgan fingerprint density at radius 1 is 1.09 bits per heavy atom. The molecule has 7 heteroatoms. The van der Waals surface area contributed by atoms with Crippen LogP contribution < -0.4 is 4.74 Å². The number of ketones is 2. The van der Waals surface area contributed by atoms with E-state index in [1.54, 1.807) is 19.1 Å². The fraction of sp³-hybridized carbons (Fsp3) is 0.360. The molecule has 1 aromatic rings. The Balaban J connectivity index is 1.74. The molecular weight excluding hydrogens is 410 g/mol. The summed E-state index contributed by atoms with van der Waals surface area (Å²) in [6.45, 7) is 1.61. The van der Waals surface area contributed by atoms with Crippen molar-refractivity contribution in [3.63, 3.8) is 0 Å². The smallest absolute Gasteiger partial charge is 0.233 e. The Hall–Kier alpha value is -3.48. The van der Waals surface area contributed by atoms with Crippen molar-refractivity contribution in [1.29, 1.82) is 0 Å². The number of allylic oxidation sites excluding steroid dienone is 6. The van der Waals surface area contributed by atoms with E-state index in [0.29, 0.717) is 34.5 Å².